The van der Waals surface area contributed by atoms with Gasteiger partial charge in [-0.15, -0.1) is 0 Å². The van der Waals surface area contributed by atoms with Gasteiger partial charge in [0, 0.05) is 5.56 Å². The van der Waals surface area contributed by atoms with Gasteiger partial charge in [0.05, 0.1) is 17.9 Å². The largest absolute Gasteiger partial charge is 0.462 e. The molecule has 2 heterocycles. The molecule has 3 N–H and O–H groups in total. The number of anilines is 1. The lowest BCUT2D eigenvalue weighted by Gasteiger charge is -2.26. The fourth-order valence-electron chi connectivity index (χ4n) is 4.52. The lowest BCUT2D eigenvalue weighted by Crippen LogP contribution is -2.29. The number of halogens is 1. The number of nitrogen functional groups attached to an aromatic ring is 1. The number of hydrogen-bond donors (Lipinski definition) is 2. The van der Waals surface area contributed by atoms with Gasteiger partial charge in [0.2, 0.25) is 5.82 Å². The second-order valence-electron chi connectivity index (χ2n) is 9.00. The molecule has 0 aliphatic heterocycles. The number of hydrogen-bond acceptors (Lipinski definition) is 7. The number of carbonyl (C=O) groups is 1. The molecular formula is C28H26FN5O3. The Morgan fingerprint density at radius 2 is 1.92 bits per heavy atom. The fourth-order valence-corrected chi connectivity index (χ4v) is 4.52. The molecule has 0 radical (unpaired) electrons. The van der Waals surface area contributed by atoms with Crippen molar-refractivity contribution in [1.82, 2.24) is 19.5 Å². The van der Waals surface area contributed by atoms with Crippen LogP contribution in [-0.2, 0) is 4.74 Å². The van der Waals surface area contributed by atoms with Crippen molar-refractivity contribution in [3.05, 3.63) is 65.7 Å². The summed E-state index contributed by atoms with van der Waals surface area (Å²) >= 11 is 0. The number of nitrogens with two attached hydrogens (primary N) is 1. The van der Waals surface area contributed by atoms with Crippen LogP contribution in [-0.4, -0.2) is 42.8 Å². The summed E-state index contributed by atoms with van der Waals surface area (Å²) in [5.74, 6) is 5.53. The van der Waals surface area contributed by atoms with E-state index in [1.807, 2.05) is 0 Å². The van der Waals surface area contributed by atoms with Crippen molar-refractivity contribution >= 4 is 23.0 Å². The van der Waals surface area contributed by atoms with E-state index < -0.39 is 17.4 Å². The number of aliphatic hydroxyl groups is 1. The first-order chi connectivity index (χ1) is 17.9. The third-order valence-corrected chi connectivity index (χ3v) is 6.32. The maximum absolute atomic E-state index is 14.2. The van der Waals surface area contributed by atoms with E-state index >= 15 is 0 Å². The SMILES string of the molecule is CCOC(=O)c1cccc(-n2c(-c3cccc(F)c3)nc3c(N)nc(C#CC4(O)CCCCC4)nc32)c1. The van der Waals surface area contributed by atoms with Crippen LogP contribution in [0, 0.1) is 17.7 Å². The lowest BCUT2D eigenvalue weighted by molar-refractivity contribution is 0.0526. The molecule has 0 bridgehead atoms. The maximum Gasteiger partial charge on any atom is 0.338 e. The first-order valence-corrected chi connectivity index (χ1v) is 12.2. The molecule has 1 fully saturated rings. The molecule has 0 saturated heterocycles. The summed E-state index contributed by atoms with van der Waals surface area (Å²) in [5, 5.41) is 10.8. The maximum atomic E-state index is 14.2. The summed E-state index contributed by atoms with van der Waals surface area (Å²) < 4.78 is 21.0. The van der Waals surface area contributed by atoms with Gasteiger partial charge in [-0.05, 0) is 68.9 Å². The zero-order valence-electron chi connectivity index (χ0n) is 20.4. The molecule has 8 nitrogen and oxygen atoms in total. The molecule has 2 aromatic carbocycles. The number of aromatic nitrogens is 4. The van der Waals surface area contributed by atoms with Crippen molar-refractivity contribution < 1.29 is 19.0 Å². The Morgan fingerprint density at radius 3 is 2.68 bits per heavy atom. The normalized spacial score (nSPS) is 14.7. The summed E-state index contributed by atoms with van der Waals surface area (Å²) in [6.45, 7) is 1.98. The first kappa shape index (κ1) is 24.4. The molecule has 5 rings (SSSR count). The van der Waals surface area contributed by atoms with Crippen LogP contribution in [0.25, 0.3) is 28.2 Å². The Kier molecular flexibility index (Phi) is 6.59. The van der Waals surface area contributed by atoms with Crippen molar-refractivity contribution in [2.45, 2.75) is 44.6 Å². The van der Waals surface area contributed by atoms with E-state index in [-0.39, 0.29) is 18.2 Å². The van der Waals surface area contributed by atoms with E-state index in [1.54, 1.807) is 47.9 Å². The Hall–Kier alpha value is -4.29. The van der Waals surface area contributed by atoms with Crippen LogP contribution < -0.4 is 5.73 Å². The first-order valence-electron chi connectivity index (χ1n) is 12.2. The number of imidazole rings is 1. The minimum Gasteiger partial charge on any atom is -0.462 e. The van der Waals surface area contributed by atoms with Crippen LogP contribution in [0.15, 0.2) is 48.5 Å². The molecule has 9 heteroatoms. The smallest absolute Gasteiger partial charge is 0.338 e. The molecular weight excluding hydrogens is 473 g/mol. The number of fused-ring (bicyclic) bond motifs is 1. The summed E-state index contributed by atoms with van der Waals surface area (Å²) in [6.07, 6.45) is 4.09. The molecule has 0 unspecified atom stereocenters. The van der Waals surface area contributed by atoms with Crippen molar-refractivity contribution in [2.75, 3.05) is 12.3 Å². The van der Waals surface area contributed by atoms with Crippen LogP contribution in [0.2, 0.25) is 0 Å². The van der Waals surface area contributed by atoms with Crippen LogP contribution in [0.3, 0.4) is 0 Å². The van der Waals surface area contributed by atoms with E-state index in [2.05, 4.69) is 26.8 Å². The van der Waals surface area contributed by atoms with Crippen molar-refractivity contribution in [3.8, 4) is 28.9 Å². The van der Waals surface area contributed by atoms with Gasteiger partial charge in [0.25, 0.3) is 0 Å². The minimum atomic E-state index is -1.08. The van der Waals surface area contributed by atoms with Gasteiger partial charge in [0.15, 0.2) is 17.0 Å². The third kappa shape index (κ3) is 5.01. The number of ether oxygens (including phenoxy) is 1. The Morgan fingerprint density at radius 1 is 1.14 bits per heavy atom. The predicted octanol–water partition coefficient (Wildman–Crippen LogP) is 4.43. The number of rotatable bonds is 4. The van der Waals surface area contributed by atoms with Gasteiger partial charge in [-0.25, -0.2) is 24.1 Å². The highest BCUT2D eigenvalue weighted by Crippen LogP contribution is 2.31. The molecule has 1 aliphatic rings. The van der Waals surface area contributed by atoms with Crippen LogP contribution in [0.1, 0.15) is 55.2 Å². The van der Waals surface area contributed by atoms with E-state index in [4.69, 9.17) is 10.5 Å². The molecule has 0 spiro atoms. The Bertz CT molecular complexity index is 1550. The van der Waals surface area contributed by atoms with E-state index in [9.17, 15) is 14.3 Å². The summed E-state index contributed by atoms with van der Waals surface area (Å²) in [5.41, 5.74) is 7.23. The van der Waals surface area contributed by atoms with Crippen molar-refractivity contribution in [3.63, 3.8) is 0 Å². The summed E-state index contributed by atoms with van der Waals surface area (Å²) in [6, 6.07) is 12.8. The number of esters is 1. The van der Waals surface area contributed by atoms with Gasteiger partial charge < -0.3 is 15.6 Å². The van der Waals surface area contributed by atoms with Gasteiger partial charge in [0.1, 0.15) is 17.2 Å². The highest BCUT2D eigenvalue weighted by molar-refractivity contribution is 5.91. The topological polar surface area (TPSA) is 116 Å². The molecule has 188 valence electrons. The standard InChI is InChI=1S/C28H26FN5O3/c1-2-37-27(35)19-9-7-11-21(17-19)34-25(18-8-6-10-20(29)16-18)33-23-24(30)31-22(32-26(23)34)12-15-28(36)13-4-3-5-14-28/h6-11,16-17,36H,2-5,13-14H2,1H3,(H2,30,31,32). The molecule has 1 saturated carbocycles. The quantitative estimate of drug-likeness (QED) is 0.315. The van der Waals surface area contributed by atoms with Crippen LogP contribution in [0.4, 0.5) is 10.2 Å². The minimum absolute atomic E-state index is 0.0999. The number of carbonyl (C=O) groups excluding carboxylic acids is 1. The van der Waals surface area contributed by atoms with Crippen molar-refractivity contribution in [1.29, 1.82) is 0 Å². The average Bonchev–Trinajstić information content (AvgIpc) is 3.28. The van der Waals surface area contributed by atoms with Gasteiger partial charge in [-0.2, -0.15) is 0 Å². The van der Waals surface area contributed by atoms with Crippen LogP contribution >= 0.6 is 0 Å². The Labute approximate surface area is 213 Å². The lowest BCUT2D eigenvalue weighted by atomic mass is 9.85. The second kappa shape index (κ2) is 9.99. The molecule has 0 atom stereocenters. The highest BCUT2D eigenvalue weighted by Gasteiger charge is 2.27. The summed E-state index contributed by atoms with van der Waals surface area (Å²) in [7, 11) is 0. The zero-order chi connectivity index (χ0) is 26.0. The second-order valence-corrected chi connectivity index (χ2v) is 9.00. The van der Waals surface area contributed by atoms with Crippen LogP contribution in [0.5, 0.6) is 0 Å². The number of nitrogens with zero attached hydrogens (tertiary/aromatic N) is 4. The van der Waals surface area contributed by atoms with E-state index in [0.717, 1.165) is 19.3 Å². The van der Waals surface area contributed by atoms with E-state index in [0.29, 0.717) is 46.6 Å². The highest BCUT2D eigenvalue weighted by atomic mass is 19.1. The molecule has 1 aliphatic carbocycles. The van der Waals surface area contributed by atoms with Gasteiger partial charge >= 0.3 is 5.97 Å². The zero-order valence-corrected chi connectivity index (χ0v) is 20.4. The monoisotopic (exact) mass is 499 g/mol. The molecule has 2 aromatic heterocycles. The third-order valence-electron chi connectivity index (χ3n) is 6.32. The molecule has 37 heavy (non-hydrogen) atoms. The van der Waals surface area contributed by atoms with Crippen molar-refractivity contribution in [2.24, 2.45) is 0 Å². The number of benzene rings is 2. The fraction of sp³-hybridized carbons (Fsp3) is 0.286. The van der Waals surface area contributed by atoms with E-state index in [1.165, 1.54) is 12.1 Å². The molecule has 4 aromatic rings. The molecule has 0 amide bonds. The van der Waals surface area contributed by atoms with Gasteiger partial charge in [-0.3, -0.25) is 4.57 Å². The summed E-state index contributed by atoms with van der Waals surface area (Å²) in [4.78, 5) is 26.0. The average molecular weight is 500 g/mol. The predicted molar refractivity (Wildman–Crippen MR) is 137 cm³/mol. The van der Waals surface area contributed by atoms with Gasteiger partial charge in [-0.1, -0.05) is 30.5 Å². The Balaban J connectivity index is 1.71.